The molecule has 0 radical (unpaired) electrons. The number of esters is 1. The molecule has 1 amide bonds. The second-order valence-corrected chi connectivity index (χ2v) is 7.52. The maximum Gasteiger partial charge on any atom is 0.341 e. The van der Waals surface area contributed by atoms with Crippen molar-refractivity contribution in [3.05, 3.63) is 69.8 Å². The van der Waals surface area contributed by atoms with Crippen LogP contribution in [0.5, 0.6) is 0 Å². The van der Waals surface area contributed by atoms with Gasteiger partial charge in [-0.1, -0.05) is 30.3 Å². The first-order chi connectivity index (χ1) is 15.0. The summed E-state index contributed by atoms with van der Waals surface area (Å²) < 4.78 is 5.17. The fraction of sp³-hybridized carbons (Fsp3) is 0.391. The molecule has 8 heteroatoms. The number of amides is 1. The van der Waals surface area contributed by atoms with Crippen molar-refractivity contribution in [3.63, 3.8) is 0 Å². The first kappa shape index (κ1) is 22.3. The van der Waals surface area contributed by atoms with Gasteiger partial charge in [0.1, 0.15) is 0 Å². The maximum atomic E-state index is 12.7. The van der Waals surface area contributed by atoms with Crippen molar-refractivity contribution < 1.29 is 19.2 Å². The highest BCUT2D eigenvalue weighted by molar-refractivity contribution is 5.97. The highest BCUT2D eigenvalue weighted by Crippen LogP contribution is 2.28. The molecule has 0 spiro atoms. The number of rotatable bonds is 9. The molecule has 0 atom stereocenters. The van der Waals surface area contributed by atoms with Crippen molar-refractivity contribution in [1.82, 2.24) is 5.32 Å². The van der Waals surface area contributed by atoms with Gasteiger partial charge in [0.05, 0.1) is 16.2 Å². The van der Waals surface area contributed by atoms with Crippen LogP contribution in [-0.2, 0) is 16.0 Å². The Labute approximate surface area is 181 Å². The zero-order valence-electron chi connectivity index (χ0n) is 17.4. The van der Waals surface area contributed by atoms with E-state index in [4.69, 9.17) is 4.74 Å². The Bertz CT molecular complexity index is 911. The molecule has 1 aliphatic heterocycles. The average molecular weight is 425 g/mol. The molecule has 164 valence electrons. The summed E-state index contributed by atoms with van der Waals surface area (Å²) in [4.78, 5) is 37.3. The molecule has 1 heterocycles. The van der Waals surface area contributed by atoms with Crippen LogP contribution in [0.3, 0.4) is 0 Å². The Morgan fingerprint density at radius 1 is 1.06 bits per heavy atom. The number of aryl methyl sites for hydroxylation is 1. The number of nitro groups is 1. The summed E-state index contributed by atoms with van der Waals surface area (Å²) in [5, 5.41) is 13.9. The molecule has 31 heavy (non-hydrogen) atoms. The Balaban J connectivity index is 1.54. The molecular weight excluding hydrogens is 398 g/mol. The molecule has 0 saturated carbocycles. The van der Waals surface area contributed by atoms with Gasteiger partial charge in [-0.15, -0.1) is 0 Å². The number of non-ortho nitro benzene ring substituents is 1. The number of nitro benzene ring substituents is 1. The number of hydrogen-bond donors (Lipinski definition) is 1. The van der Waals surface area contributed by atoms with E-state index >= 15 is 0 Å². The fourth-order valence-electron chi connectivity index (χ4n) is 3.64. The lowest BCUT2D eigenvalue weighted by Gasteiger charge is -2.30. The van der Waals surface area contributed by atoms with E-state index in [1.54, 1.807) is 6.07 Å². The summed E-state index contributed by atoms with van der Waals surface area (Å²) in [5.41, 5.74) is 1.74. The van der Waals surface area contributed by atoms with E-state index in [0.29, 0.717) is 12.2 Å². The average Bonchev–Trinajstić information content (AvgIpc) is 2.81. The van der Waals surface area contributed by atoms with Crippen LogP contribution < -0.4 is 10.2 Å². The lowest BCUT2D eigenvalue weighted by Crippen LogP contribution is -2.32. The molecule has 8 nitrogen and oxygen atoms in total. The SMILES string of the molecule is O=C(COC(=O)c1cc([N+](=O)[O-])ccc1N1CCCCC1)NCCCc1ccccc1. The van der Waals surface area contributed by atoms with Crippen molar-refractivity contribution in [2.75, 3.05) is 31.1 Å². The Hall–Kier alpha value is -3.42. The van der Waals surface area contributed by atoms with Gasteiger partial charge in [-0.3, -0.25) is 14.9 Å². The number of benzene rings is 2. The number of piperidine rings is 1. The topological polar surface area (TPSA) is 102 Å². The van der Waals surface area contributed by atoms with Crippen molar-refractivity contribution in [3.8, 4) is 0 Å². The summed E-state index contributed by atoms with van der Waals surface area (Å²) in [5.74, 6) is -1.13. The standard InChI is InChI=1S/C23H27N3O5/c27-22(24-13-7-10-18-8-3-1-4-9-18)17-31-23(28)20-16-19(26(29)30)11-12-21(20)25-14-5-2-6-15-25/h1,3-4,8-9,11-12,16H,2,5-7,10,13-15,17H2,(H,24,27). The maximum absolute atomic E-state index is 12.7. The first-order valence-corrected chi connectivity index (χ1v) is 10.6. The van der Waals surface area contributed by atoms with Crippen molar-refractivity contribution in [2.45, 2.75) is 32.1 Å². The molecule has 0 bridgehead atoms. The van der Waals surface area contributed by atoms with Gasteiger partial charge in [-0.2, -0.15) is 0 Å². The first-order valence-electron chi connectivity index (χ1n) is 10.6. The molecule has 2 aromatic rings. The van der Waals surface area contributed by atoms with Gasteiger partial charge in [0.2, 0.25) is 0 Å². The van der Waals surface area contributed by atoms with Gasteiger partial charge in [0.25, 0.3) is 11.6 Å². The number of hydrogen-bond acceptors (Lipinski definition) is 6. The quantitative estimate of drug-likeness (QED) is 0.286. The summed E-state index contributed by atoms with van der Waals surface area (Å²) in [6.07, 6.45) is 4.73. The number of anilines is 1. The number of nitrogens with zero attached hydrogens (tertiary/aromatic N) is 2. The predicted molar refractivity (Wildman–Crippen MR) is 117 cm³/mol. The Morgan fingerprint density at radius 2 is 1.81 bits per heavy atom. The highest BCUT2D eigenvalue weighted by Gasteiger charge is 2.23. The molecule has 0 unspecified atom stereocenters. The van der Waals surface area contributed by atoms with Crippen molar-refractivity contribution in [1.29, 1.82) is 0 Å². The van der Waals surface area contributed by atoms with Gasteiger partial charge in [0.15, 0.2) is 6.61 Å². The minimum atomic E-state index is -0.733. The summed E-state index contributed by atoms with van der Waals surface area (Å²) in [6.45, 7) is 1.60. The minimum Gasteiger partial charge on any atom is -0.452 e. The molecule has 1 fully saturated rings. The second kappa shape index (κ2) is 11.1. The van der Waals surface area contributed by atoms with Crippen LogP contribution >= 0.6 is 0 Å². The van der Waals surface area contributed by atoms with Gasteiger partial charge in [-0.05, 0) is 43.7 Å². The molecule has 0 aliphatic carbocycles. The van der Waals surface area contributed by atoms with E-state index in [1.165, 1.54) is 17.7 Å². The molecule has 3 rings (SSSR count). The van der Waals surface area contributed by atoms with Gasteiger partial charge >= 0.3 is 5.97 Å². The number of carbonyl (C=O) groups is 2. The predicted octanol–water partition coefficient (Wildman–Crippen LogP) is 3.49. The lowest BCUT2D eigenvalue weighted by molar-refractivity contribution is -0.384. The summed E-state index contributed by atoms with van der Waals surface area (Å²) in [6, 6.07) is 14.2. The molecule has 0 aromatic heterocycles. The van der Waals surface area contributed by atoms with Crippen LogP contribution in [0.15, 0.2) is 48.5 Å². The highest BCUT2D eigenvalue weighted by atomic mass is 16.6. The van der Waals surface area contributed by atoms with E-state index in [9.17, 15) is 19.7 Å². The number of nitrogens with one attached hydrogen (secondary N) is 1. The van der Waals surface area contributed by atoms with Gasteiger partial charge < -0.3 is 15.0 Å². The van der Waals surface area contributed by atoms with Crippen LogP contribution in [0.2, 0.25) is 0 Å². The van der Waals surface area contributed by atoms with Crippen molar-refractivity contribution >= 4 is 23.3 Å². The molecular formula is C23H27N3O5. The molecule has 1 saturated heterocycles. The smallest absolute Gasteiger partial charge is 0.341 e. The third-order valence-electron chi connectivity index (χ3n) is 5.25. The zero-order valence-corrected chi connectivity index (χ0v) is 17.4. The van der Waals surface area contributed by atoms with Gasteiger partial charge in [0, 0.05) is 31.8 Å². The monoisotopic (exact) mass is 425 g/mol. The van der Waals surface area contributed by atoms with E-state index in [-0.39, 0.29) is 11.3 Å². The minimum absolute atomic E-state index is 0.118. The lowest BCUT2D eigenvalue weighted by atomic mass is 10.1. The van der Waals surface area contributed by atoms with Crippen LogP contribution in [-0.4, -0.2) is 43.0 Å². The summed E-state index contributed by atoms with van der Waals surface area (Å²) in [7, 11) is 0. The van der Waals surface area contributed by atoms with E-state index in [2.05, 4.69) is 5.32 Å². The Kier molecular flexibility index (Phi) is 7.98. The van der Waals surface area contributed by atoms with Crippen molar-refractivity contribution in [2.24, 2.45) is 0 Å². The normalized spacial score (nSPS) is 13.5. The molecule has 1 aliphatic rings. The van der Waals surface area contributed by atoms with E-state index < -0.39 is 23.4 Å². The zero-order chi connectivity index (χ0) is 22.1. The Morgan fingerprint density at radius 3 is 2.52 bits per heavy atom. The second-order valence-electron chi connectivity index (χ2n) is 7.52. The van der Waals surface area contributed by atoms with E-state index in [1.807, 2.05) is 35.2 Å². The number of carbonyl (C=O) groups excluding carboxylic acids is 2. The third kappa shape index (κ3) is 6.53. The van der Waals surface area contributed by atoms with Crippen LogP contribution in [0, 0.1) is 10.1 Å². The van der Waals surface area contributed by atoms with Crippen LogP contribution in [0.25, 0.3) is 0 Å². The van der Waals surface area contributed by atoms with Crippen LogP contribution in [0.4, 0.5) is 11.4 Å². The molecule has 2 aromatic carbocycles. The molecule has 1 N–H and O–H groups in total. The van der Waals surface area contributed by atoms with Gasteiger partial charge in [-0.25, -0.2) is 4.79 Å². The third-order valence-corrected chi connectivity index (χ3v) is 5.25. The largest absolute Gasteiger partial charge is 0.452 e. The van der Waals surface area contributed by atoms with Crippen LogP contribution in [0.1, 0.15) is 41.6 Å². The fourth-order valence-corrected chi connectivity index (χ4v) is 3.64. The van der Waals surface area contributed by atoms with E-state index in [0.717, 1.165) is 45.2 Å². The number of ether oxygens (including phenoxy) is 1. The summed E-state index contributed by atoms with van der Waals surface area (Å²) >= 11 is 0.